The molecule has 0 saturated carbocycles. The molecule has 0 saturated heterocycles. The van der Waals surface area contributed by atoms with E-state index in [1.54, 1.807) is 0 Å². The molecule has 0 amide bonds. The normalized spacial score (nSPS) is 15.3. The highest BCUT2D eigenvalue weighted by Gasteiger charge is 2.17. The number of nitrogens with two attached hydrogens (primary N) is 1. The van der Waals surface area contributed by atoms with Gasteiger partial charge in [-0.3, -0.25) is 0 Å². The lowest BCUT2D eigenvalue weighted by molar-refractivity contribution is 0.352. The Hall–Kier alpha value is -0.820. The Bertz CT molecular complexity index is 304. The highest BCUT2D eigenvalue weighted by atomic mass is 14.6. The summed E-state index contributed by atoms with van der Waals surface area (Å²) in [5.41, 5.74) is 8.91. The molecule has 0 aliphatic rings. The van der Waals surface area contributed by atoms with Crippen molar-refractivity contribution < 1.29 is 0 Å². The first-order valence-electron chi connectivity index (χ1n) is 5.90. The van der Waals surface area contributed by atoms with Crippen molar-refractivity contribution in [1.82, 2.24) is 0 Å². The predicted molar refractivity (Wildman–Crippen MR) is 66.8 cm³/mol. The van der Waals surface area contributed by atoms with Crippen molar-refractivity contribution in [3.8, 4) is 0 Å². The minimum atomic E-state index is 0.163. The summed E-state index contributed by atoms with van der Waals surface area (Å²) in [5, 5.41) is 0. The van der Waals surface area contributed by atoms with Crippen LogP contribution >= 0.6 is 0 Å². The van der Waals surface area contributed by atoms with E-state index in [1.165, 1.54) is 11.1 Å². The summed E-state index contributed by atoms with van der Waals surface area (Å²) in [6, 6.07) is 8.82. The number of hydrogen-bond acceptors (Lipinski definition) is 1. The third kappa shape index (κ3) is 3.07. The average Bonchev–Trinajstić information content (AvgIpc) is 2.27. The van der Waals surface area contributed by atoms with Crippen molar-refractivity contribution in [3.63, 3.8) is 0 Å². The largest absolute Gasteiger partial charge is 0.324 e. The molecule has 1 aromatic rings. The van der Waals surface area contributed by atoms with E-state index in [4.69, 9.17) is 5.73 Å². The van der Waals surface area contributed by atoms with Gasteiger partial charge in [-0.1, -0.05) is 52.0 Å². The fourth-order valence-electron chi connectivity index (χ4n) is 1.74. The first-order valence-corrected chi connectivity index (χ1v) is 5.90. The average molecular weight is 205 g/mol. The zero-order valence-corrected chi connectivity index (χ0v) is 10.3. The van der Waals surface area contributed by atoms with Gasteiger partial charge in [0, 0.05) is 6.04 Å². The summed E-state index contributed by atoms with van der Waals surface area (Å²) in [4.78, 5) is 0. The molecule has 1 aromatic carbocycles. The minimum Gasteiger partial charge on any atom is -0.324 e. The Morgan fingerprint density at radius 2 is 1.87 bits per heavy atom. The van der Waals surface area contributed by atoms with Gasteiger partial charge in [0.25, 0.3) is 0 Å². The molecule has 0 aliphatic heterocycles. The van der Waals surface area contributed by atoms with Crippen LogP contribution in [0, 0.1) is 11.8 Å². The van der Waals surface area contributed by atoms with E-state index < -0.39 is 0 Å². The fourth-order valence-corrected chi connectivity index (χ4v) is 1.74. The summed E-state index contributed by atoms with van der Waals surface area (Å²) in [6.45, 7) is 8.87. The zero-order chi connectivity index (χ0) is 11.4. The number of rotatable bonds is 4. The topological polar surface area (TPSA) is 26.0 Å². The van der Waals surface area contributed by atoms with Crippen molar-refractivity contribution in [2.75, 3.05) is 0 Å². The second-order valence-corrected chi connectivity index (χ2v) is 4.73. The molecule has 2 atom stereocenters. The molecule has 0 heterocycles. The van der Waals surface area contributed by atoms with Gasteiger partial charge in [0.05, 0.1) is 0 Å². The molecule has 2 N–H and O–H groups in total. The third-order valence-corrected chi connectivity index (χ3v) is 3.36. The lowest BCUT2D eigenvalue weighted by Crippen LogP contribution is -2.23. The molecular formula is C14H23N. The second kappa shape index (κ2) is 5.32. The number of benzene rings is 1. The highest BCUT2D eigenvalue weighted by molar-refractivity contribution is 5.26. The van der Waals surface area contributed by atoms with Crippen LogP contribution in [0.1, 0.15) is 44.9 Å². The lowest BCUT2D eigenvalue weighted by Gasteiger charge is -2.24. The van der Waals surface area contributed by atoms with Gasteiger partial charge < -0.3 is 5.73 Å². The lowest BCUT2D eigenvalue weighted by atomic mass is 9.86. The van der Waals surface area contributed by atoms with E-state index in [0.29, 0.717) is 11.8 Å². The van der Waals surface area contributed by atoms with Crippen molar-refractivity contribution >= 4 is 0 Å². The monoisotopic (exact) mass is 205 g/mol. The molecule has 2 unspecified atom stereocenters. The van der Waals surface area contributed by atoms with E-state index in [9.17, 15) is 0 Å². The van der Waals surface area contributed by atoms with E-state index in [0.717, 1.165) is 6.42 Å². The predicted octanol–water partition coefficient (Wildman–Crippen LogP) is 3.54. The summed E-state index contributed by atoms with van der Waals surface area (Å²) < 4.78 is 0. The van der Waals surface area contributed by atoms with Gasteiger partial charge in [0.1, 0.15) is 0 Å². The van der Waals surface area contributed by atoms with E-state index in [2.05, 4.69) is 52.0 Å². The molecule has 0 aromatic heterocycles. The Labute approximate surface area is 93.7 Å². The smallest absolute Gasteiger partial charge is 0.0323 e. The van der Waals surface area contributed by atoms with Crippen LogP contribution in [0.3, 0.4) is 0 Å². The Kier molecular flexibility index (Phi) is 4.34. The molecule has 1 heteroatoms. The van der Waals surface area contributed by atoms with Crippen molar-refractivity contribution in [1.29, 1.82) is 0 Å². The van der Waals surface area contributed by atoms with Crippen LogP contribution in [0.15, 0.2) is 24.3 Å². The molecular weight excluding hydrogens is 182 g/mol. The van der Waals surface area contributed by atoms with Crippen molar-refractivity contribution in [3.05, 3.63) is 35.4 Å². The zero-order valence-electron chi connectivity index (χ0n) is 10.3. The second-order valence-electron chi connectivity index (χ2n) is 4.73. The Morgan fingerprint density at radius 3 is 2.40 bits per heavy atom. The van der Waals surface area contributed by atoms with Crippen LogP contribution in [-0.4, -0.2) is 0 Å². The molecule has 0 radical (unpaired) electrons. The van der Waals surface area contributed by atoms with Crippen LogP contribution < -0.4 is 5.73 Å². The standard InChI is InChI=1S/C14H23N/c1-5-12-7-6-8-13(9-12)14(15)11(4)10(2)3/h6-11,14H,5,15H2,1-4H3. The SMILES string of the molecule is CCc1cccc(C(N)C(C)C(C)C)c1. The summed E-state index contributed by atoms with van der Waals surface area (Å²) >= 11 is 0. The minimum absolute atomic E-state index is 0.163. The molecule has 1 rings (SSSR count). The highest BCUT2D eigenvalue weighted by Crippen LogP contribution is 2.25. The van der Waals surface area contributed by atoms with Gasteiger partial charge in [-0.05, 0) is 29.4 Å². The molecule has 0 fully saturated rings. The maximum absolute atomic E-state index is 6.26. The van der Waals surface area contributed by atoms with Gasteiger partial charge in [-0.15, -0.1) is 0 Å². The fraction of sp³-hybridized carbons (Fsp3) is 0.571. The van der Waals surface area contributed by atoms with Crippen LogP contribution in [0.5, 0.6) is 0 Å². The van der Waals surface area contributed by atoms with E-state index >= 15 is 0 Å². The van der Waals surface area contributed by atoms with Crippen LogP contribution in [-0.2, 0) is 6.42 Å². The van der Waals surface area contributed by atoms with Crippen molar-refractivity contribution in [2.45, 2.75) is 40.2 Å². The number of aryl methyl sites for hydroxylation is 1. The van der Waals surface area contributed by atoms with Gasteiger partial charge in [-0.2, -0.15) is 0 Å². The summed E-state index contributed by atoms with van der Waals surface area (Å²) in [5.74, 6) is 1.15. The molecule has 0 spiro atoms. The molecule has 0 aliphatic carbocycles. The number of hydrogen-bond donors (Lipinski definition) is 1. The third-order valence-electron chi connectivity index (χ3n) is 3.36. The first kappa shape index (κ1) is 12.3. The molecule has 84 valence electrons. The Morgan fingerprint density at radius 1 is 1.20 bits per heavy atom. The first-order chi connectivity index (χ1) is 7.06. The van der Waals surface area contributed by atoms with E-state index in [-0.39, 0.29) is 6.04 Å². The van der Waals surface area contributed by atoms with Crippen LogP contribution in [0.4, 0.5) is 0 Å². The van der Waals surface area contributed by atoms with Crippen LogP contribution in [0.2, 0.25) is 0 Å². The van der Waals surface area contributed by atoms with Gasteiger partial charge >= 0.3 is 0 Å². The van der Waals surface area contributed by atoms with Gasteiger partial charge in [0.2, 0.25) is 0 Å². The Balaban J connectivity index is 2.85. The summed E-state index contributed by atoms with van der Waals surface area (Å²) in [7, 11) is 0. The van der Waals surface area contributed by atoms with E-state index in [1.807, 2.05) is 0 Å². The van der Waals surface area contributed by atoms with Gasteiger partial charge in [-0.25, -0.2) is 0 Å². The molecule has 0 bridgehead atoms. The maximum Gasteiger partial charge on any atom is 0.0323 e. The van der Waals surface area contributed by atoms with Crippen LogP contribution in [0.25, 0.3) is 0 Å². The molecule has 1 nitrogen and oxygen atoms in total. The van der Waals surface area contributed by atoms with Crippen molar-refractivity contribution in [2.24, 2.45) is 17.6 Å². The quantitative estimate of drug-likeness (QED) is 0.799. The summed E-state index contributed by atoms with van der Waals surface area (Å²) in [6.07, 6.45) is 1.08. The van der Waals surface area contributed by atoms with Gasteiger partial charge in [0.15, 0.2) is 0 Å². The maximum atomic E-state index is 6.26. The molecule has 15 heavy (non-hydrogen) atoms.